The predicted octanol–water partition coefficient (Wildman–Crippen LogP) is 2.74. The lowest BCUT2D eigenvalue weighted by Crippen LogP contribution is -2.22. The van der Waals surface area contributed by atoms with Crippen molar-refractivity contribution in [3.63, 3.8) is 0 Å². The highest BCUT2D eigenvalue weighted by molar-refractivity contribution is 5.56. The Kier molecular flexibility index (Phi) is 3.14. The molecule has 4 rings (SSSR count). The third-order valence-corrected chi connectivity index (χ3v) is 4.84. The fourth-order valence-electron chi connectivity index (χ4n) is 3.06. The minimum atomic E-state index is 0.312. The molecule has 120 valence electrons. The summed E-state index contributed by atoms with van der Waals surface area (Å²) in [5.41, 5.74) is 4.45. The molecule has 0 aromatic carbocycles. The minimum Gasteiger partial charge on any atom is -0.369 e. The maximum absolute atomic E-state index is 4.62. The van der Waals surface area contributed by atoms with Crippen molar-refractivity contribution in [1.82, 2.24) is 24.4 Å². The summed E-state index contributed by atoms with van der Waals surface area (Å²) < 4.78 is 3.96. The van der Waals surface area contributed by atoms with Crippen molar-refractivity contribution in [3.05, 3.63) is 41.5 Å². The molecule has 6 heteroatoms. The Morgan fingerprint density at radius 2 is 2.09 bits per heavy atom. The number of nitrogens with zero attached hydrogens (tertiary/aromatic N) is 5. The van der Waals surface area contributed by atoms with Gasteiger partial charge >= 0.3 is 0 Å². The molecule has 0 bridgehead atoms. The zero-order valence-electron chi connectivity index (χ0n) is 13.9. The molecular formula is C17H22N6. The summed E-state index contributed by atoms with van der Waals surface area (Å²) >= 11 is 0. The average molecular weight is 310 g/mol. The van der Waals surface area contributed by atoms with Gasteiger partial charge in [-0.1, -0.05) is 0 Å². The Labute approximate surface area is 135 Å². The van der Waals surface area contributed by atoms with Crippen LogP contribution in [0.4, 0.5) is 5.82 Å². The molecule has 1 N–H and O–H groups in total. The van der Waals surface area contributed by atoms with Crippen LogP contribution in [0.3, 0.4) is 0 Å². The van der Waals surface area contributed by atoms with E-state index in [0.717, 1.165) is 41.5 Å². The van der Waals surface area contributed by atoms with Crippen LogP contribution in [0.2, 0.25) is 0 Å². The molecule has 0 unspecified atom stereocenters. The first-order valence-corrected chi connectivity index (χ1v) is 8.11. The third kappa shape index (κ3) is 2.58. The van der Waals surface area contributed by atoms with Crippen LogP contribution in [0, 0.1) is 26.2 Å². The summed E-state index contributed by atoms with van der Waals surface area (Å²) in [5, 5.41) is 12.6. The first-order valence-electron chi connectivity index (χ1n) is 8.11. The standard InChI is InChI=1S/C17H22N6/c1-12-9-15(23-16(20-12)13(2)14(3)21-23)18-10-17(5-6-17)11-22-8-4-7-19-22/h4,7-9,18H,5-6,10-11H2,1-3H3. The number of anilines is 1. The van der Waals surface area contributed by atoms with Gasteiger partial charge in [-0.05, 0) is 39.7 Å². The van der Waals surface area contributed by atoms with Gasteiger partial charge in [-0.25, -0.2) is 4.98 Å². The second kappa shape index (κ2) is 5.08. The van der Waals surface area contributed by atoms with Crippen molar-refractivity contribution in [1.29, 1.82) is 0 Å². The van der Waals surface area contributed by atoms with Gasteiger partial charge in [0.1, 0.15) is 5.82 Å². The van der Waals surface area contributed by atoms with Gasteiger partial charge < -0.3 is 5.32 Å². The van der Waals surface area contributed by atoms with Crippen LogP contribution < -0.4 is 5.32 Å². The zero-order valence-corrected chi connectivity index (χ0v) is 13.9. The van der Waals surface area contributed by atoms with E-state index in [1.807, 2.05) is 41.5 Å². The predicted molar refractivity (Wildman–Crippen MR) is 89.6 cm³/mol. The van der Waals surface area contributed by atoms with Gasteiger partial charge in [0, 0.05) is 48.2 Å². The number of rotatable bonds is 5. The monoisotopic (exact) mass is 310 g/mol. The Morgan fingerprint density at radius 1 is 1.26 bits per heavy atom. The molecule has 3 aromatic heterocycles. The first kappa shape index (κ1) is 14.2. The summed E-state index contributed by atoms with van der Waals surface area (Å²) in [6.45, 7) is 8.04. The number of hydrogen-bond donors (Lipinski definition) is 1. The van der Waals surface area contributed by atoms with Gasteiger partial charge in [-0.2, -0.15) is 14.7 Å². The maximum Gasteiger partial charge on any atom is 0.160 e. The number of aromatic nitrogens is 5. The fraction of sp³-hybridized carbons (Fsp3) is 0.471. The van der Waals surface area contributed by atoms with Crippen LogP contribution in [0.25, 0.3) is 5.65 Å². The van der Waals surface area contributed by atoms with Crippen molar-refractivity contribution < 1.29 is 0 Å². The summed E-state index contributed by atoms with van der Waals surface area (Å²) in [6.07, 6.45) is 6.36. The van der Waals surface area contributed by atoms with E-state index in [4.69, 9.17) is 0 Å². The van der Waals surface area contributed by atoms with E-state index in [0.29, 0.717) is 5.41 Å². The molecule has 6 nitrogen and oxygen atoms in total. The van der Waals surface area contributed by atoms with E-state index in [1.54, 1.807) is 0 Å². The normalized spacial score (nSPS) is 16.0. The number of nitrogens with one attached hydrogen (secondary N) is 1. The van der Waals surface area contributed by atoms with Crippen molar-refractivity contribution in [2.75, 3.05) is 11.9 Å². The van der Waals surface area contributed by atoms with Crippen molar-refractivity contribution in [2.24, 2.45) is 5.41 Å². The highest BCUT2D eigenvalue weighted by Crippen LogP contribution is 2.47. The van der Waals surface area contributed by atoms with E-state index < -0.39 is 0 Å². The molecule has 3 aromatic rings. The van der Waals surface area contributed by atoms with E-state index in [2.05, 4.69) is 33.5 Å². The van der Waals surface area contributed by atoms with E-state index >= 15 is 0 Å². The van der Waals surface area contributed by atoms with Gasteiger partial charge in [0.25, 0.3) is 0 Å². The van der Waals surface area contributed by atoms with Crippen molar-refractivity contribution in [2.45, 2.75) is 40.2 Å². The Bertz CT molecular complexity index is 842. The molecule has 1 aliphatic carbocycles. The van der Waals surface area contributed by atoms with Gasteiger partial charge in [0.05, 0.1) is 5.69 Å². The molecule has 0 radical (unpaired) electrons. The summed E-state index contributed by atoms with van der Waals surface area (Å²) in [4.78, 5) is 4.62. The maximum atomic E-state index is 4.62. The Hall–Kier alpha value is -2.37. The lowest BCUT2D eigenvalue weighted by Gasteiger charge is -2.17. The van der Waals surface area contributed by atoms with Crippen LogP contribution in [0.1, 0.15) is 29.8 Å². The van der Waals surface area contributed by atoms with Gasteiger partial charge in [0.15, 0.2) is 5.65 Å². The summed E-state index contributed by atoms with van der Waals surface area (Å²) in [5.74, 6) is 1.02. The molecular weight excluding hydrogens is 288 g/mol. The number of aryl methyl sites for hydroxylation is 3. The molecule has 0 aliphatic heterocycles. The molecule has 0 atom stereocenters. The average Bonchev–Trinajstić information content (AvgIpc) is 2.97. The Balaban J connectivity index is 1.57. The summed E-state index contributed by atoms with van der Waals surface area (Å²) in [6, 6.07) is 4.05. The molecule has 23 heavy (non-hydrogen) atoms. The van der Waals surface area contributed by atoms with Crippen LogP contribution in [-0.2, 0) is 6.54 Å². The van der Waals surface area contributed by atoms with E-state index in [1.165, 1.54) is 12.8 Å². The van der Waals surface area contributed by atoms with Crippen LogP contribution in [0.15, 0.2) is 24.5 Å². The van der Waals surface area contributed by atoms with Crippen molar-refractivity contribution in [3.8, 4) is 0 Å². The fourth-order valence-corrected chi connectivity index (χ4v) is 3.06. The van der Waals surface area contributed by atoms with Gasteiger partial charge in [-0.15, -0.1) is 0 Å². The molecule has 3 heterocycles. The van der Waals surface area contributed by atoms with Gasteiger partial charge in [0.2, 0.25) is 0 Å². The first-order chi connectivity index (χ1) is 11.1. The van der Waals surface area contributed by atoms with E-state index in [9.17, 15) is 0 Å². The second-order valence-electron chi connectivity index (χ2n) is 6.79. The third-order valence-electron chi connectivity index (χ3n) is 4.84. The minimum absolute atomic E-state index is 0.312. The van der Waals surface area contributed by atoms with Crippen LogP contribution in [0.5, 0.6) is 0 Å². The Morgan fingerprint density at radius 3 is 2.78 bits per heavy atom. The molecule has 0 amide bonds. The zero-order chi connectivity index (χ0) is 16.0. The lowest BCUT2D eigenvalue weighted by molar-refractivity contribution is 0.416. The number of hydrogen-bond acceptors (Lipinski definition) is 4. The van der Waals surface area contributed by atoms with Gasteiger partial charge in [-0.3, -0.25) is 4.68 Å². The van der Waals surface area contributed by atoms with Crippen LogP contribution >= 0.6 is 0 Å². The number of fused-ring (bicyclic) bond motifs is 1. The highest BCUT2D eigenvalue weighted by atomic mass is 15.3. The SMILES string of the molecule is Cc1cc(NCC2(Cn3cccn3)CC2)n2nc(C)c(C)c2n1. The molecule has 0 saturated heterocycles. The van der Waals surface area contributed by atoms with Crippen LogP contribution in [-0.4, -0.2) is 30.9 Å². The largest absolute Gasteiger partial charge is 0.369 e. The quantitative estimate of drug-likeness (QED) is 0.787. The smallest absolute Gasteiger partial charge is 0.160 e. The van der Waals surface area contributed by atoms with Crippen molar-refractivity contribution >= 4 is 11.5 Å². The van der Waals surface area contributed by atoms with E-state index in [-0.39, 0.29) is 0 Å². The molecule has 0 spiro atoms. The summed E-state index contributed by atoms with van der Waals surface area (Å²) in [7, 11) is 0. The molecule has 1 saturated carbocycles. The topological polar surface area (TPSA) is 60.0 Å². The second-order valence-corrected chi connectivity index (χ2v) is 6.79. The molecule has 1 aliphatic rings. The highest BCUT2D eigenvalue weighted by Gasteiger charge is 2.43. The lowest BCUT2D eigenvalue weighted by atomic mass is 10.1. The molecule has 1 fully saturated rings.